The molecule has 1 fully saturated rings. The Labute approximate surface area is 150 Å². The lowest BCUT2D eigenvalue weighted by molar-refractivity contribution is 0.0849. The van der Waals surface area contributed by atoms with E-state index < -0.39 is 8.07 Å². The molecule has 132 valence electrons. The van der Waals surface area contributed by atoms with Crippen LogP contribution in [0.4, 0.5) is 0 Å². The summed E-state index contributed by atoms with van der Waals surface area (Å²) in [5, 5.41) is 0.497. The van der Waals surface area contributed by atoms with Gasteiger partial charge in [0.2, 0.25) is 0 Å². The van der Waals surface area contributed by atoms with Crippen molar-refractivity contribution in [2.45, 2.75) is 51.3 Å². The lowest BCUT2D eigenvalue weighted by Gasteiger charge is -2.21. The summed E-state index contributed by atoms with van der Waals surface area (Å²) >= 11 is 6.11. The molecule has 24 heavy (non-hydrogen) atoms. The molecule has 7 heteroatoms. The number of fused-ring (bicyclic) bond motifs is 1. The Hall–Kier alpha value is -0.953. The van der Waals surface area contributed by atoms with Gasteiger partial charge in [0, 0.05) is 20.7 Å². The molecule has 0 amide bonds. The molecule has 0 radical (unpaired) electrons. The monoisotopic (exact) mass is 366 g/mol. The van der Waals surface area contributed by atoms with Crippen molar-refractivity contribution in [2.75, 3.05) is 20.2 Å². The Balaban J connectivity index is 1.86. The maximum absolute atomic E-state index is 6.11. The van der Waals surface area contributed by atoms with E-state index in [-0.39, 0.29) is 0 Å². The zero-order valence-corrected chi connectivity index (χ0v) is 16.8. The molecular weight excluding hydrogens is 340 g/mol. The van der Waals surface area contributed by atoms with E-state index in [9.17, 15) is 0 Å². The summed E-state index contributed by atoms with van der Waals surface area (Å²) in [7, 11) is 1.08. The van der Waals surface area contributed by atoms with Crippen LogP contribution in [0.2, 0.25) is 30.8 Å². The van der Waals surface area contributed by atoms with Crippen molar-refractivity contribution in [3.8, 4) is 0 Å². The van der Waals surface area contributed by atoms with Crippen molar-refractivity contribution < 1.29 is 4.74 Å². The van der Waals surface area contributed by atoms with Crippen molar-refractivity contribution in [2.24, 2.45) is 0 Å². The van der Waals surface area contributed by atoms with Crippen LogP contribution in [0.3, 0.4) is 0 Å². The molecule has 1 saturated heterocycles. The van der Waals surface area contributed by atoms with Crippen molar-refractivity contribution in [1.82, 2.24) is 19.4 Å². The summed E-state index contributed by atoms with van der Waals surface area (Å²) in [5.41, 5.74) is 1.90. The molecule has 0 bridgehead atoms. The molecule has 2 aromatic heterocycles. The number of hydrogen-bond donors (Lipinski definition) is 0. The Bertz CT molecular complexity index is 712. The summed E-state index contributed by atoms with van der Waals surface area (Å²) in [6, 6.07) is 3.40. The molecule has 0 aromatic carbocycles. The maximum Gasteiger partial charge on any atom is 0.131 e. The van der Waals surface area contributed by atoms with E-state index in [4.69, 9.17) is 21.3 Å². The van der Waals surface area contributed by atoms with Gasteiger partial charge in [-0.2, -0.15) is 0 Å². The largest absolute Gasteiger partial charge is 0.361 e. The maximum atomic E-state index is 6.11. The fourth-order valence-electron chi connectivity index (χ4n) is 3.18. The molecule has 1 unspecified atom stereocenters. The lowest BCUT2D eigenvalue weighted by Crippen LogP contribution is -2.23. The van der Waals surface area contributed by atoms with Crippen LogP contribution in [0.15, 0.2) is 12.3 Å². The average Bonchev–Trinajstić information content (AvgIpc) is 3.06. The number of halogens is 1. The number of likely N-dealkylation sites (tertiary alicyclic amines) is 1. The zero-order chi connectivity index (χ0) is 17.3. The SMILES string of the molecule is CN1CCCC1c1nc2cnc(Cl)cc2n1COCC[Si](C)(C)C. The van der Waals surface area contributed by atoms with E-state index in [2.05, 4.69) is 41.1 Å². The molecule has 0 saturated carbocycles. The van der Waals surface area contributed by atoms with Crippen LogP contribution in [-0.2, 0) is 11.5 Å². The van der Waals surface area contributed by atoms with Gasteiger partial charge in [0.15, 0.2) is 0 Å². The second-order valence-corrected chi connectivity index (χ2v) is 13.9. The summed E-state index contributed by atoms with van der Waals surface area (Å²) in [6.07, 6.45) is 4.10. The van der Waals surface area contributed by atoms with Crippen LogP contribution in [0.5, 0.6) is 0 Å². The van der Waals surface area contributed by atoms with Gasteiger partial charge in [-0.3, -0.25) is 4.90 Å². The topological polar surface area (TPSA) is 43.2 Å². The minimum absolute atomic E-state index is 0.344. The van der Waals surface area contributed by atoms with Crippen molar-refractivity contribution in [3.63, 3.8) is 0 Å². The summed E-state index contributed by atoms with van der Waals surface area (Å²) < 4.78 is 8.19. The summed E-state index contributed by atoms with van der Waals surface area (Å²) in [6.45, 7) is 9.55. The number of aromatic nitrogens is 3. The highest BCUT2D eigenvalue weighted by Crippen LogP contribution is 2.32. The first kappa shape index (κ1) is 17.9. The highest BCUT2D eigenvalue weighted by molar-refractivity contribution is 6.76. The van der Waals surface area contributed by atoms with E-state index in [1.807, 2.05) is 6.07 Å². The van der Waals surface area contributed by atoms with Crippen molar-refractivity contribution >= 4 is 30.7 Å². The van der Waals surface area contributed by atoms with Gasteiger partial charge >= 0.3 is 0 Å². The molecular formula is C17H27ClN4OSi. The Kier molecular flexibility index (Phi) is 5.29. The van der Waals surface area contributed by atoms with Gasteiger partial charge < -0.3 is 9.30 Å². The molecule has 0 spiro atoms. The van der Waals surface area contributed by atoms with Gasteiger partial charge in [-0.15, -0.1) is 0 Å². The van der Waals surface area contributed by atoms with Crippen molar-refractivity contribution in [3.05, 3.63) is 23.2 Å². The van der Waals surface area contributed by atoms with Crippen LogP contribution in [0.1, 0.15) is 24.7 Å². The van der Waals surface area contributed by atoms with Crippen LogP contribution in [0, 0.1) is 0 Å². The number of rotatable bonds is 6. The Morgan fingerprint density at radius 2 is 2.17 bits per heavy atom. The highest BCUT2D eigenvalue weighted by Gasteiger charge is 2.28. The molecule has 3 rings (SSSR count). The average molecular weight is 367 g/mol. The van der Waals surface area contributed by atoms with Gasteiger partial charge in [0.05, 0.1) is 17.8 Å². The van der Waals surface area contributed by atoms with E-state index >= 15 is 0 Å². The van der Waals surface area contributed by atoms with Crippen LogP contribution < -0.4 is 0 Å². The van der Waals surface area contributed by atoms with E-state index in [0.717, 1.165) is 36.4 Å². The smallest absolute Gasteiger partial charge is 0.131 e. The van der Waals surface area contributed by atoms with Crippen molar-refractivity contribution in [1.29, 1.82) is 0 Å². The zero-order valence-electron chi connectivity index (χ0n) is 15.0. The molecule has 2 aromatic rings. The van der Waals surface area contributed by atoms with Gasteiger partial charge in [-0.1, -0.05) is 31.2 Å². The van der Waals surface area contributed by atoms with Crippen LogP contribution in [-0.4, -0.2) is 47.7 Å². The predicted octanol–water partition coefficient (Wildman–Crippen LogP) is 4.16. The first-order valence-electron chi connectivity index (χ1n) is 8.65. The number of imidazole rings is 1. The Morgan fingerprint density at radius 1 is 1.38 bits per heavy atom. The summed E-state index contributed by atoms with van der Waals surface area (Å²) in [4.78, 5) is 11.4. The van der Waals surface area contributed by atoms with Gasteiger partial charge in [-0.25, -0.2) is 9.97 Å². The number of nitrogens with zero attached hydrogens (tertiary/aromatic N) is 4. The first-order valence-corrected chi connectivity index (χ1v) is 12.7. The number of ether oxygens (including phenoxy) is 1. The normalized spacial score (nSPS) is 19.5. The number of hydrogen-bond acceptors (Lipinski definition) is 4. The molecule has 0 aliphatic carbocycles. The molecule has 1 aliphatic heterocycles. The standard InChI is InChI=1S/C17H27ClN4OSi/c1-21-7-5-6-14(21)17-20-13-11-19-16(18)10-15(13)22(17)12-23-8-9-24(2,3)4/h10-11,14H,5-9,12H2,1-4H3. The van der Waals surface area contributed by atoms with E-state index in [0.29, 0.717) is 17.9 Å². The van der Waals surface area contributed by atoms with Crippen LogP contribution in [0.25, 0.3) is 11.0 Å². The fraction of sp³-hybridized carbons (Fsp3) is 0.647. The predicted molar refractivity (Wildman–Crippen MR) is 101 cm³/mol. The number of pyridine rings is 1. The van der Waals surface area contributed by atoms with Gasteiger partial charge in [0.1, 0.15) is 23.2 Å². The highest BCUT2D eigenvalue weighted by atomic mass is 35.5. The second-order valence-electron chi connectivity index (χ2n) is 7.88. The summed E-state index contributed by atoms with van der Waals surface area (Å²) in [5.74, 6) is 1.07. The lowest BCUT2D eigenvalue weighted by atomic mass is 10.2. The minimum Gasteiger partial charge on any atom is -0.361 e. The molecule has 1 aliphatic rings. The molecule has 5 nitrogen and oxygen atoms in total. The van der Waals surface area contributed by atoms with Crippen LogP contribution >= 0.6 is 11.6 Å². The van der Waals surface area contributed by atoms with E-state index in [1.54, 1.807) is 6.20 Å². The fourth-order valence-corrected chi connectivity index (χ4v) is 4.09. The molecule has 3 heterocycles. The van der Waals surface area contributed by atoms with E-state index in [1.165, 1.54) is 12.5 Å². The molecule has 0 N–H and O–H groups in total. The van der Waals surface area contributed by atoms with Gasteiger partial charge in [0.25, 0.3) is 0 Å². The quantitative estimate of drug-likeness (QED) is 0.437. The first-order chi connectivity index (χ1) is 11.3. The molecule has 1 atom stereocenters. The van der Waals surface area contributed by atoms with Gasteiger partial charge in [-0.05, 0) is 32.5 Å². The second kappa shape index (κ2) is 7.12. The third kappa shape index (κ3) is 3.99. The minimum atomic E-state index is -1.08. The Morgan fingerprint density at radius 3 is 2.83 bits per heavy atom. The third-order valence-electron chi connectivity index (χ3n) is 4.67. The third-order valence-corrected chi connectivity index (χ3v) is 6.58.